The number of hydrogen-bond donors (Lipinski definition) is 1. The predicted octanol–water partition coefficient (Wildman–Crippen LogP) is 5.38. The second kappa shape index (κ2) is 13.8. The van der Waals surface area contributed by atoms with Crippen LogP contribution in [0.5, 0.6) is 11.5 Å². The van der Waals surface area contributed by atoms with Gasteiger partial charge in [0.25, 0.3) is 11.8 Å². The molecule has 2 aliphatic heterocycles. The molecule has 1 saturated heterocycles. The summed E-state index contributed by atoms with van der Waals surface area (Å²) in [7, 11) is 2.93. The van der Waals surface area contributed by atoms with Gasteiger partial charge >= 0.3 is 12.1 Å². The highest BCUT2D eigenvalue weighted by Gasteiger charge is 2.43. The molecule has 2 atom stereocenters. The van der Waals surface area contributed by atoms with Crippen LogP contribution in [0.15, 0.2) is 66.7 Å². The summed E-state index contributed by atoms with van der Waals surface area (Å²) in [6.45, 7) is 4.74. The molecule has 1 fully saturated rings. The minimum Gasteiger partial charge on any atom is -0.493 e. The number of amides is 3. The van der Waals surface area contributed by atoms with E-state index in [9.17, 15) is 27.6 Å². The number of carbonyl (C=O) groups is 3. The van der Waals surface area contributed by atoms with E-state index in [4.69, 9.17) is 9.47 Å². The lowest BCUT2D eigenvalue weighted by molar-refractivity contribution is -0.173. The van der Waals surface area contributed by atoms with E-state index in [2.05, 4.69) is 28.9 Å². The molecule has 3 aromatic carbocycles. The van der Waals surface area contributed by atoms with Crippen molar-refractivity contribution in [3.8, 4) is 11.5 Å². The number of piperazine rings is 1. The van der Waals surface area contributed by atoms with Gasteiger partial charge in [0.05, 0.1) is 37.1 Å². The molecule has 2 aliphatic rings. The Labute approximate surface area is 265 Å². The number of alkyl halides is 3. The number of rotatable bonds is 11. The van der Waals surface area contributed by atoms with Crippen LogP contribution in [0.25, 0.3) is 0 Å². The maximum atomic E-state index is 14.2. The normalized spacial score (nSPS) is 16.7. The van der Waals surface area contributed by atoms with E-state index in [0.717, 1.165) is 13.1 Å². The van der Waals surface area contributed by atoms with Crippen LogP contribution in [0.3, 0.4) is 0 Å². The van der Waals surface area contributed by atoms with Gasteiger partial charge in [-0.25, -0.2) is 0 Å². The van der Waals surface area contributed by atoms with E-state index in [-0.39, 0.29) is 31.0 Å². The number of nitrogens with zero attached hydrogens (tertiary/aromatic N) is 3. The summed E-state index contributed by atoms with van der Waals surface area (Å²) in [5.41, 5.74) is 3.03. The number of benzene rings is 3. The summed E-state index contributed by atoms with van der Waals surface area (Å²) < 4.78 is 49.0. The van der Waals surface area contributed by atoms with Crippen LogP contribution in [0, 0.1) is 0 Å². The van der Waals surface area contributed by atoms with Crippen molar-refractivity contribution in [3.63, 3.8) is 0 Å². The van der Waals surface area contributed by atoms with Gasteiger partial charge in [0.2, 0.25) is 0 Å². The van der Waals surface area contributed by atoms with E-state index in [0.29, 0.717) is 41.4 Å². The fourth-order valence-corrected chi connectivity index (χ4v) is 6.23. The quantitative estimate of drug-likeness (QED) is 0.223. The topological polar surface area (TPSA) is 91.4 Å². The number of carbonyl (C=O) groups excluding carboxylic acids is 3. The van der Waals surface area contributed by atoms with Crippen LogP contribution < -0.4 is 19.7 Å². The Morgan fingerprint density at radius 2 is 1.57 bits per heavy atom. The molecule has 3 amide bonds. The minimum atomic E-state index is -5.01. The Morgan fingerprint density at radius 3 is 2.22 bits per heavy atom. The molecule has 2 heterocycles. The first-order chi connectivity index (χ1) is 22.0. The van der Waals surface area contributed by atoms with Crippen molar-refractivity contribution in [2.45, 2.75) is 38.0 Å². The van der Waals surface area contributed by atoms with Gasteiger partial charge in [0, 0.05) is 38.8 Å². The Morgan fingerprint density at radius 1 is 0.870 bits per heavy atom. The molecule has 9 nitrogen and oxygen atoms in total. The average molecular weight is 639 g/mol. The number of nitrogens with one attached hydrogen (secondary N) is 1. The third-order valence-corrected chi connectivity index (χ3v) is 8.71. The Bertz CT molecular complexity index is 1570. The number of methoxy groups -OCH3 is 2. The van der Waals surface area contributed by atoms with E-state index in [1.165, 1.54) is 24.7 Å². The molecule has 1 unspecified atom stereocenters. The predicted molar refractivity (Wildman–Crippen MR) is 166 cm³/mol. The molecule has 244 valence electrons. The van der Waals surface area contributed by atoms with Gasteiger partial charge in [-0.3, -0.25) is 24.2 Å². The van der Waals surface area contributed by atoms with Gasteiger partial charge < -0.3 is 19.7 Å². The summed E-state index contributed by atoms with van der Waals surface area (Å²) in [5, 5.41) is 1.87. The zero-order valence-corrected chi connectivity index (χ0v) is 26.0. The molecule has 1 N–H and O–H groups in total. The zero-order valence-electron chi connectivity index (χ0n) is 26.0. The van der Waals surface area contributed by atoms with E-state index < -0.39 is 29.9 Å². The van der Waals surface area contributed by atoms with Gasteiger partial charge in [0.15, 0.2) is 11.5 Å². The third-order valence-electron chi connectivity index (χ3n) is 8.71. The first-order valence-electron chi connectivity index (χ1n) is 15.2. The number of anilines is 1. The van der Waals surface area contributed by atoms with Crippen molar-refractivity contribution in [3.05, 3.63) is 89.0 Å². The monoisotopic (exact) mass is 638 g/mol. The Kier molecular flexibility index (Phi) is 9.85. The lowest BCUT2D eigenvalue weighted by atomic mass is 9.99. The fourth-order valence-electron chi connectivity index (χ4n) is 6.23. The van der Waals surface area contributed by atoms with Crippen LogP contribution in [0.1, 0.15) is 63.7 Å². The first-order valence-corrected chi connectivity index (χ1v) is 15.2. The van der Waals surface area contributed by atoms with Crippen molar-refractivity contribution < 1.29 is 37.0 Å². The molecule has 0 radical (unpaired) electrons. The molecule has 3 aromatic rings. The van der Waals surface area contributed by atoms with Crippen LogP contribution in [-0.4, -0.2) is 80.6 Å². The van der Waals surface area contributed by atoms with Gasteiger partial charge in [-0.2, -0.15) is 13.2 Å². The van der Waals surface area contributed by atoms with Crippen LogP contribution in [0.2, 0.25) is 0 Å². The van der Waals surface area contributed by atoms with Crippen molar-refractivity contribution in [1.29, 1.82) is 0 Å². The largest absolute Gasteiger partial charge is 0.493 e. The molecule has 46 heavy (non-hydrogen) atoms. The first kappa shape index (κ1) is 32.8. The minimum absolute atomic E-state index is 0.0721. The van der Waals surface area contributed by atoms with Crippen LogP contribution in [0.4, 0.5) is 18.9 Å². The number of halogens is 3. The summed E-state index contributed by atoms with van der Waals surface area (Å²) >= 11 is 0. The van der Waals surface area contributed by atoms with E-state index in [1.807, 2.05) is 29.6 Å². The molecular weight excluding hydrogens is 601 g/mol. The van der Waals surface area contributed by atoms with Crippen LogP contribution >= 0.6 is 0 Å². The number of imide groups is 1. The highest BCUT2D eigenvalue weighted by Crippen LogP contribution is 2.40. The molecule has 5 rings (SSSR count). The maximum Gasteiger partial charge on any atom is 0.471 e. The maximum absolute atomic E-state index is 14.2. The SMILES string of the molecule is COc1ccc([C@@H](CCCNC(=O)C(F)(F)F)N2C(=O)c3cccc(N4CCN(C(C)c5ccccc5)CC4)c3C2=O)cc1OC. The fraction of sp³-hybridized carbons (Fsp3) is 0.382. The van der Waals surface area contributed by atoms with E-state index >= 15 is 0 Å². The van der Waals surface area contributed by atoms with Gasteiger partial charge in [0.1, 0.15) is 0 Å². The molecule has 12 heteroatoms. The highest BCUT2D eigenvalue weighted by molar-refractivity contribution is 6.24. The Balaban J connectivity index is 1.39. The van der Waals surface area contributed by atoms with Crippen molar-refractivity contribution >= 4 is 23.4 Å². The molecule has 0 spiro atoms. The lowest BCUT2D eigenvalue weighted by Crippen LogP contribution is -2.47. The lowest BCUT2D eigenvalue weighted by Gasteiger charge is -2.39. The molecule has 0 aromatic heterocycles. The van der Waals surface area contributed by atoms with Gasteiger partial charge in [-0.1, -0.05) is 42.5 Å². The van der Waals surface area contributed by atoms with Crippen molar-refractivity contribution in [1.82, 2.24) is 15.1 Å². The van der Waals surface area contributed by atoms with Gasteiger partial charge in [-0.05, 0) is 55.2 Å². The number of fused-ring (bicyclic) bond motifs is 1. The second-order valence-electron chi connectivity index (χ2n) is 11.3. The second-order valence-corrected chi connectivity index (χ2v) is 11.3. The average Bonchev–Trinajstić information content (AvgIpc) is 3.33. The van der Waals surface area contributed by atoms with Crippen molar-refractivity contribution in [2.75, 3.05) is 51.8 Å². The Hall–Kier alpha value is -4.58. The molecule has 0 bridgehead atoms. The summed E-state index contributed by atoms with van der Waals surface area (Å²) in [4.78, 5) is 45.2. The molecular formula is C34H37F3N4O5. The number of hydrogen-bond acceptors (Lipinski definition) is 7. The summed E-state index contributed by atoms with van der Waals surface area (Å²) in [5.74, 6) is -2.20. The highest BCUT2D eigenvalue weighted by atomic mass is 19.4. The number of ether oxygens (including phenoxy) is 2. The van der Waals surface area contributed by atoms with Crippen LogP contribution in [-0.2, 0) is 4.79 Å². The molecule has 0 saturated carbocycles. The summed E-state index contributed by atoms with van der Waals surface area (Å²) in [6.07, 6.45) is -4.83. The van der Waals surface area contributed by atoms with Crippen molar-refractivity contribution in [2.24, 2.45) is 0 Å². The zero-order chi connectivity index (χ0) is 33.0. The molecule has 0 aliphatic carbocycles. The third kappa shape index (κ3) is 6.67. The summed E-state index contributed by atoms with van der Waals surface area (Å²) in [6, 6.07) is 19.9. The van der Waals surface area contributed by atoms with Gasteiger partial charge in [-0.15, -0.1) is 0 Å². The standard InChI is InChI=1S/C34H37F3N4O5/c1-22(23-9-5-4-6-10-23)39-17-19-40(20-18-39)27-12-7-11-25-30(27)32(43)41(31(25)42)26(13-8-16-38-33(44)34(35,36)37)24-14-15-28(45-2)29(21-24)46-3/h4-7,9-12,14-15,21-22,26H,8,13,16-20H2,1-3H3,(H,38,44)/t22?,26-/m1/s1. The van der Waals surface area contributed by atoms with E-state index in [1.54, 1.807) is 30.3 Å². The smallest absolute Gasteiger partial charge is 0.471 e.